The second-order valence-electron chi connectivity index (χ2n) is 15.5. The van der Waals surface area contributed by atoms with Crippen LogP contribution < -0.4 is 14.4 Å². The van der Waals surface area contributed by atoms with Crippen molar-refractivity contribution in [2.45, 2.75) is 44.8 Å². The van der Waals surface area contributed by atoms with Crippen molar-refractivity contribution in [3.63, 3.8) is 0 Å². The number of ether oxygens (including phenoxy) is 3. The van der Waals surface area contributed by atoms with E-state index in [1.807, 2.05) is 65.2 Å². The number of hydrogen-bond acceptors (Lipinski definition) is 7. The zero-order chi connectivity index (χ0) is 38.6. The van der Waals surface area contributed by atoms with Crippen LogP contribution in [-0.4, -0.2) is 81.5 Å². The first-order chi connectivity index (χ1) is 27.9. The van der Waals surface area contributed by atoms with E-state index < -0.39 is 0 Å². The minimum Gasteiger partial charge on any atom is -0.508 e. The van der Waals surface area contributed by atoms with Crippen molar-refractivity contribution in [1.82, 2.24) is 18.9 Å². The zero-order valence-electron chi connectivity index (χ0n) is 32.0. The van der Waals surface area contributed by atoms with Gasteiger partial charge in [-0.25, -0.2) is 0 Å². The summed E-state index contributed by atoms with van der Waals surface area (Å²) >= 11 is 0. The highest BCUT2D eigenvalue weighted by Crippen LogP contribution is 2.43. The van der Waals surface area contributed by atoms with E-state index >= 15 is 9.59 Å². The lowest BCUT2D eigenvalue weighted by atomic mass is 9.92. The molecule has 6 aromatic rings. The Bertz CT molecular complexity index is 2520. The number of hydrogen-bond donors (Lipinski definition) is 1. The molecule has 4 aromatic carbocycles. The molecule has 57 heavy (non-hydrogen) atoms. The number of carbonyl (C=O) groups is 2. The van der Waals surface area contributed by atoms with E-state index in [-0.39, 0.29) is 30.4 Å². The molecule has 1 saturated heterocycles. The third kappa shape index (κ3) is 6.40. The normalized spacial score (nSPS) is 17.7. The fourth-order valence-electron chi connectivity index (χ4n) is 9.14. The fraction of sp³-hybridized carbons (Fsp3) is 0.304. The maximum Gasteiger partial charge on any atom is 0.264 e. The second kappa shape index (κ2) is 14.5. The molecule has 0 radical (unpaired) electrons. The number of benzene rings is 4. The average Bonchev–Trinajstić information content (AvgIpc) is 3.98. The van der Waals surface area contributed by atoms with Gasteiger partial charge < -0.3 is 33.4 Å². The van der Waals surface area contributed by atoms with Crippen LogP contribution in [0.5, 0.6) is 17.2 Å². The van der Waals surface area contributed by atoms with Crippen molar-refractivity contribution >= 4 is 34.1 Å². The van der Waals surface area contributed by atoms with E-state index in [9.17, 15) is 5.11 Å². The number of carbonyl (C=O) groups excluding carboxylic acids is 2. The Kier molecular flexibility index (Phi) is 8.98. The summed E-state index contributed by atoms with van der Waals surface area (Å²) in [5.74, 6) is 0.989. The first kappa shape index (κ1) is 35.4. The smallest absolute Gasteiger partial charge is 0.264 e. The summed E-state index contributed by atoms with van der Waals surface area (Å²) in [5.41, 5.74) is 8.36. The molecule has 1 atom stereocenters. The van der Waals surface area contributed by atoms with Crippen molar-refractivity contribution in [2.75, 3.05) is 44.5 Å². The molecule has 0 bridgehead atoms. The van der Waals surface area contributed by atoms with E-state index in [1.165, 1.54) is 5.56 Å². The number of aromatic nitrogens is 2. The molecule has 11 nitrogen and oxygen atoms in total. The minimum atomic E-state index is -0.182. The van der Waals surface area contributed by atoms with Crippen LogP contribution in [-0.2, 0) is 37.7 Å². The van der Waals surface area contributed by atoms with Crippen LogP contribution in [0, 0.1) is 0 Å². The van der Waals surface area contributed by atoms with Gasteiger partial charge in [-0.1, -0.05) is 30.3 Å². The first-order valence-electron chi connectivity index (χ1n) is 19.9. The standard InChI is InChI=1S/C46H45N5O6/c1-47-17-15-30-9-10-34(23-41(30)47)51(33-11-13-36(52)14-12-33)46(54)39-24-42(49-16-5-4-8-40(39)49)37-25-43-44(57-29-56-43)26-38(37)45(53)50-27-32-7-3-2-6-31(32)22-35(50)28-48-18-20-55-21-19-48/h2-3,6-7,9-15,17,23-26,35,52H,4-5,8,16,18-22,27-29H2,1H3/t35-/m0/s1. The summed E-state index contributed by atoms with van der Waals surface area (Å²) in [6.07, 6.45) is 5.39. The van der Waals surface area contributed by atoms with Crippen LogP contribution in [0.25, 0.3) is 22.2 Å². The Morgan fingerprint density at radius 3 is 2.42 bits per heavy atom. The number of aromatic hydroxyl groups is 1. The molecular weight excluding hydrogens is 719 g/mol. The summed E-state index contributed by atoms with van der Waals surface area (Å²) in [7, 11) is 1.99. The van der Waals surface area contributed by atoms with Gasteiger partial charge in [-0.15, -0.1) is 0 Å². The molecule has 2 amide bonds. The highest BCUT2D eigenvalue weighted by molar-refractivity contribution is 6.13. The first-order valence-corrected chi connectivity index (χ1v) is 19.9. The van der Waals surface area contributed by atoms with E-state index in [0.717, 1.165) is 78.7 Å². The molecule has 4 aliphatic rings. The number of phenolic OH excluding ortho intramolecular Hbond substituents is 1. The van der Waals surface area contributed by atoms with E-state index in [4.69, 9.17) is 14.2 Å². The molecule has 290 valence electrons. The third-order valence-electron chi connectivity index (χ3n) is 12.1. The highest BCUT2D eigenvalue weighted by Gasteiger charge is 2.36. The Balaban J connectivity index is 1.09. The topological polar surface area (TPSA) is 102 Å². The number of rotatable bonds is 7. The van der Waals surface area contributed by atoms with Gasteiger partial charge in [0.25, 0.3) is 11.8 Å². The summed E-state index contributed by atoms with van der Waals surface area (Å²) in [5, 5.41) is 11.3. The van der Waals surface area contributed by atoms with Gasteiger partial charge in [0.2, 0.25) is 6.79 Å². The molecule has 0 spiro atoms. The van der Waals surface area contributed by atoms with Crippen molar-refractivity contribution in [3.8, 4) is 28.5 Å². The summed E-state index contributed by atoms with van der Waals surface area (Å²) < 4.78 is 21.8. The van der Waals surface area contributed by atoms with Crippen molar-refractivity contribution < 1.29 is 28.9 Å². The molecule has 1 fully saturated rings. The number of nitrogens with zero attached hydrogens (tertiary/aromatic N) is 5. The van der Waals surface area contributed by atoms with E-state index in [0.29, 0.717) is 60.3 Å². The molecular formula is C46H45N5O6. The second-order valence-corrected chi connectivity index (χ2v) is 15.5. The molecule has 10 rings (SSSR count). The van der Waals surface area contributed by atoms with Crippen LogP contribution >= 0.6 is 0 Å². The SMILES string of the molecule is Cn1ccc2ccc(N(C(=O)c3cc(-c4cc5c(cc4C(=O)N4Cc6ccccc6C[C@H]4CN4CCOCC4)OCO5)n4c3CCCC4)c3ccc(O)cc3)cc21. The Morgan fingerprint density at radius 2 is 1.60 bits per heavy atom. The lowest BCUT2D eigenvalue weighted by Crippen LogP contribution is -2.52. The largest absolute Gasteiger partial charge is 0.508 e. The quantitative estimate of drug-likeness (QED) is 0.182. The number of fused-ring (bicyclic) bond motifs is 4. The van der Waals surface area contributed by atoms with Gasteiger partial charge in [0.1, 0.15) is 5.75 Å². The van der Waals surface area contributed by atoms with Gasteiger partial charge in [-0.2, -0.15) is 0 Å². The van der Waals surface area contributed by atoms with Crippen LogP contribution in [0.1, 0.15) is 50.4 Å². The van der Waals surface area contributed by atoms with Crippen LogP contribution in [0.4, 0.5) is 11.4 Å². The van der Waals surface area contributed by atoms with Crippen LogP contribution in [0.3, 0.4) is 0 Å². The Morgan fingerprint density at radius 1 is 0.825 bits per heavy atom. The minimum absolute atomic E-state index is 0.0393. The van der Waals surface area contributed by atoms with Gasteiger partial charge >= 0.3 is 0 Å². The molecule has 2 aromatic heterocycles. The predicted octanol–water partition coefficient (Wildman–Crippen LogP) is 7.30. The van der Waals surface area contributed by atoms with Gasteiger partial charge in [-0.05, 0) is 103 Å². The van der Waals surface area contributed by atoms with Gasteiger partial charge in [0, 0.05) is 80.2 Å². The lowest BCUT2D eigenvalue weighted by molar-refractivity contribution is 0.0193. The maximum absolute atomic E-state index is 15.3. The highest BCUT2D eigenvalue weighted by atomic mass is 16.7. The van der Waals surface area contributed by atoms with E-state index in [1.54, 1.807) is 29.2 Å². The molecule has 0 aliphatic carbocycles. The number of aryl methyl sites for hydroxylation is 1. The third-order valence-corrected chi connectivity index (χ3v) is 12.1. The fourth-order valence-corrected chi connectivity index (χ4v) is 9.14. The number of morpholine rings is 1. The number of anilines is 2. The van der Waals surface area contributed by atoms with E-state index in [2.05, 4.69) is 33.7 Å². The lowest BCUT2D eigenvalue weighted by Gasteiger charge is -2.40. The average molecular weight is 764 g/mol. The van der Waals surface area contributed by atoms with Crippen molar-refractivity contribution in [2.24, 2.45) is 7.05 Å². The monoisotopic (exact) mass is 763 g/mol. The molecule has 4 aliphatic heterocycles. The molecule has 0 saturated carbocycles. The molecule has 11 heteroatoms. The Hall–Kier alpha value is -6.04. The summed E-state index contributed by atoms with van der Waals surface area (Å²) in [6, 6.07) is 29.0. The summed E-state index contributed by atoms with van der Waals surface area (Å²) in [4.78, 5) is 36.7. The summed E-state index contributed by atoms with van der Waals surface area (Å²) in [6.45, 7) is 5.10. The van der Waals surface area contributed by atoms with Gasteiger partial charge in [0.05, 0.1) is 30.0 Å². The maximum atomic E-state index is 15.3. The molecule has 0 unspecified atom stereocenters. The zero-order valence-corrected chi connectivity index (χ0v) is 32.0. The molecule has 6 heterocycles. The van der Waals surface area contributed by atoms with Crippen molar-refractivity contribution in [1.29, 1.82) is 0 Å². The predicted molar refractivity (Wildman–Crippen MR) is 217 cm³/mol. The van der Waals surface area contributed by atoms with Gasteiger partial charge in [0.15, 0.2) is 11.5 Å². The van der Waals surface area contributed by atoms with Crippen molar-refractivity contribution in [3.05, 3.63) is 125 Å². The Labute approximate surface area is 331 Å². The number of amides is 2. The van der Waals surface area contributed by atoms with Gasteiger partial charge in [-0.3, -0.25) is 19.4 Å². The van der Waals surface area contributed by atoms with Crippen LogP contribution in [0.2, 0.25) is 0 Å². The number of phenols is 1. The van der Waals surface area contributed by atoms with Crippen LogP contribution in [0.15, 0.2) is 97.2 Å². The molecule has 1 N–H and O–H groups in total.